The van der Waals surface area contributed by atoms with Crippen LogP contribution in [0.3, 0.4) is 0 Å². The lowest BCUT2D eigenvalue weighted by molar-refractivity contribution is -0.128. The maximum atomic E-state index is 12.2. The lowest BCUT2D eigenvalue weighted by atomic mass is 10.1. The smallest absolute Gasteiger partial charge is 0.336 e. The van der Waals surface area contributed by atoms with Gasteiger partial charge in [-0.15, -0.1) is 0 Å². The molecule has 8 nitrogen and oxygen atoms in total. The van der Waals surface area contributed by atoms with Crippen molar-refractivity contribution in [2.24, 2.45) is 0 Å². The van der Waals surface area contributed by atoms with Crippen molar-refractivity contribution in [3.63, 3.8) is 0 Å². The first-order chi connectivity index (χ1) is 17.5. The maximum Gasteiger partial charge on any atom is 0.336 e. The Bertz CT molecular complexity index is 1270. The fraction of sp³-hybridized carbons (Fsp3) is 0.179. The molecular weight excluding hydrogens is 460 g/mol. The van der Waals surface area contributed by atoms with Crippen molar-refractivity contribution in [2.75, 3.05) is 13.7 Å². The van der Waals surface area contributed by atoms with Gasteiger partial charge in [-0.3, -0.25) is 4.79 Å². The van der Waals surface area contributed by atoms with Crippen molar-refractivity contribution in [3.8, 4) is 23.3 Å². The molecule has 0 bridgehead atoms. The average Bonchev–Trinajstić information content (AvgIpc) is 3.43. The van der Waals surface area contributed by atoms with Crippen LogP contribution >= 0.6 is 0 Å². The number of nitrogens with zero attached hydrogens (tertiary/aromatic N) is 1. The van der Waals surface area contributed by atoms with Gasteiger partial charge in [-0.1, -0.05) is 25.1 Å². The van der Waals surface area contributed by atoms with Crippen LogP contribution in [0.4, 0.5) is 0 Å². The molecule has 184 valence electrons. The number of benzene rings is 2. The zero-order valence-corrected chi connectivity index (χ0v) is 20.0. The Balaban J connectivity index is 1.57. The number of amides is 1. The van der Waals surface area contributed by atoms with Gasteiger partial charge in [0.15, 0.2) is 11.5 Å². The Kier molecular flexibility index (Phi) is 9.48. The highest BCUT2D eigenvalue weighted by Crippen LogP contribution is 2.28. The van der Waals surface area contributed by atoms with Crippen molar-refractivity contribution in [1.82, 2.24) is 5.32 Å². The van der Waals surface area contributed by atoms with E-state index in [1.54, 1.807) is 61.7 Å². The van der Waals surface area contributed by atoms with Gasteiger partial charge < -0.3 is 23.9 Å². The van der Waals surface area contributed by atoms with E-state index >= 15 is 0 Å². The minimum atomic E-state index is -0.557. The second-order valence-corrected chi connectivity index (χ2v) is 7.51. The highest BCUT2D eigenvalue weighted by Gasteiger charge is 2.10. The number of nitriles is 1. The van der Waals surface area contributed by atoms with Gasteiger partial charge in [0.1, 0.15) is 23.2 Å². The predicted molar refractivity (Wildman–Crippen MR) is 134 cm³/mol. The molecule has 8 heteroatoms. The maximum absolute atomic E-state index is 12.2. The molecular formula is C28H26N2O6. The molecule has 0 fully saturated rings. The number of carbonyl (C=O) groups is 2. The molecule has 0 aliphatic rings. The summed E-state index contributed by atoms with van der Waals surface area (Å²) in [7, 11) is 1.56. The number of rotatable bonds is 11. The molecule has 0 spiro atoms. The van der Waals surface area contributed by atoms with Crippen molar-refractivity contribution >= 4 is 24.0 Å². The molecule has 0 aliphatic carbocycles. The molecule has 0 saturated heterocycles. The summed E-state index contributed by atoms with van der Waals surface area (Å²) >= 11 is 0. The first kappa shape index (κ1) is 25.8. The summed E-state index contributed by atoms with van der Waals surface area (Å²) in [6.07, 6.45) is 6.77. The highest BCUT2D eigenvalue weighted by molar-refractivity contribution is 6.01. The Morgan fingerprint density at radius 2 is 1.86 bits per heavy atom. The van der Waals surface area contributed by atoms with Crippen LogP contribution in [-0.4, -0.2) is 25.6 Å². The molecule has 1 aromatic heterocycles. The third-order valence-corrected chi connectivity index (χ3v) is 4.84. The van der Waals surface area contributed by atoms with Gasteiger partial charge in [0, 0.05) is 6.08 Å². The standard InChI is InChI=1S/C28H26N2O6/c1-3-14-35-25-12-8-21(17-26(25)33-2)9-13-27(31)36-23-10-6-20(7-11-23)16-22(18-29)28(32)30-19-24-5-4-15-34-24/h4-13,15-17H,3,14,19H2,1-2H3,(H,30,32)/b13-9+,22-16+. The summed E-state index contributed by atoms with van der Waals surface area (Å²) in [4.78, 5) is 24.5. The molecule has 0 radical (unpaired) electrons. The number of ether oxygens (including phenoxy) is 3. The summed E-state index contributed by atoms with van der Waals surface area (Å²) in [6.45, 7) is 2.78. The van der Waals surface area contributed by atoms with Crippen LogP contribution in [-0.2, 0) is 16.1 Å². The summed E-state index contributed by atoms with van der Waals surface area (Å²) in [5.41, 5.74) is 1.30. The number of esters is 1. The van der Waals surface area contributed by atoms with E-state index in [0.717, 1.165) is 12.0 Å². The molecule has 3 rings (SSSR count). The minimum absolute atomic E-state index is 0.0595. The van der Waals surface area contributed by atoms with Gasteiger partial charge in [0.05, 0.1) is 26.5 Å². The number of nitrogens with one attached hydrogen (secondary N) is 1. The lowest BCUT2D eigenvalue weighted by Gasteiger charge is -2.10. The monoisotopic (exact) mass is 486 g/mol. The van der Waals surface area contributed by atoms with Gasteiger partial charge in [-0.2, -0.15) is 5.26 Å². The second kappa shape index (κ2) is 13.2. The normalized spacial score (nSPS) is 11.1. The van der Waals surface area contributed by atoms with Crippen molar-refractivity contribution < 1.29 is 28.2 Å². The molecule has 0 aliphatic heterocycles. The van der Waals surface area contributed by atoms with Gasteiger partial charge in [-0.05, 0) is 66.1 Å². The van der Waals surface area contributed by atoms with Crippen LogP contribution in [0.1, 0.15) is 30.2 Å². The molecule has 0 atom stereocenters. The summed E-state index contributed by atoms with van der Waals surface area (Å²) in [5.74, 6) is 1.05. The Morgan fingerprint density at radius 1 is 1.08 bits per heavy atom. The van der Waals surface area contributed by atoms with E-state index in [1.165, 1.54) is 18.4 Å². The van der Waals surface area contributed by atoms with Crippen LogP contribution < -0.4 is 19.5 Å². The first-order valence-corrected chi connectivity index (χ1v) is 11.3. The van der Waals surface area contributed by atoms with Crippen LogP contribution in [0.2, 0.25) is 0 Å². The number of hydrogen-bond acceptors (Lipinski definition) is 7. The summed E-state index contributed by atoms with van der Waals surface area (Å²) in [6, 6.07) is 17.1. The van der Waals surface area contributed by atoms with Gasteiger partial charge in [0.25, 0.3) is 5.91 Å². The van der Waals surface area contributed by atoms with Crippen LogP contribution in [0, 0.1) is 11.3 Å². The number of hydrogen-bond donors (Lipinski definition) is 1. The van der Waals surface area contributed by atoms with Crippen molar-refractivity contribution in [2.45, 2.75) is 19.9 Å². The molecule has 36 heavy (non-hydrogen) atoms. The minimum Gasteiger partial charge on any atom is -0.493 e. The zero-order valence-electron chi connectivity index (χ0n) is 20.0. The topological polar surface area (TPSA) is 111 Å². The van der Waals surface area contributed by atoms with Crippen LogP contribution in [0.15, 0.2) is 76.9 Å². The Morgan fingerprint density at radius 3 is 2.53 bits per heavy atom. The lowest BCUT2D eigenvalue weighted by Crippen LogP contribution is -2.23. The summed E-state index contributed by atoms with van der Waals surface area (Å²) in [5, 5.41) is 12.0. The third-order valence-electron chi connectivity index (χ3n) is 4.84. The molecule has 1 amide bonds. The van der Waals surface area contributed by atoms with Gasteiger partial charge >= 0.3 is 5.97 Å². The van der Waals surface area contributed by atoms with E-state index in [-0.39, 0.29) is 12.1 Å². The van der Waals surface area contributed by atoms with E-state index in [2.05, 4.69) is 5.32 Å². The van der Waals surface area contributed by atoms with E-state index in [4.69, 9.17) is 18.6 Å². The fourth-order valence-electron chi connectivity index (χ4n) is 3.06. The van der Waals surface area contributed by atoms with Crippen LogP contribution in [0.5, 0.6) is 17.2 Å². The zero-order chi connectivity index (χ0) is 25.8. The largest absolute Gasteiger partial charge is 0.493 e. The van der Waals surface area contributed by atoms with E-state index in [1.807, 2.05) is 19.1 Å². The predicted octanol–water partition coefficient (Wildman–Crippen LogP) is 4.92. The first-order valence-electron chi connectivity index (χ1n) is 11.3. The van der Waals surface area contributed by atoms with E-state index in [9.17, 15) is 14.9 Å². The molecule has 1 N–H and O–H groups in total. The molecule has 2 aromatic carbocycles. The Hall–Kier alpha value is -4.77. The van der Waals surface area contributed by atoms with Crippen molar-refractivity contribution in [3.05, 3.63) is 89.4 Å². The van der Waals surface area contributed by atoms with E-state index in [0.29, 0.717) is 35.2 Å². The van der Waals surface area contributed by atoms with Crippen LogP contribution in [0.25, 0.3) is 12.2 Å². The number of methoxy groups -OCH3 is 1. The van der Waals surface area contributed by atoms with E-state index < -0.39 is 11.9 Å². The van der Waals surface area contributed by atoms with Gasteiger partial charge in [0.2, 0.25) is 0 Å². The third kappa shape index (κ3) is 7.64. The second-order valence-electron chi connectivity index (χ2n) is 7.51. The average molecular weight is 487 g/mol. The van der Waals surface area contributed by atoms with Crippen molar-refractivity contribution in [1.29, 1.82) is 5.26 Å². The molecule has 3 aromatic rings. The molecule has 0 saturated carbocycles. The van der Waals surface area contributed by atoms with Gasteiger partial charge in [-0.25, -0.2) is 4.79 Å². The quantitative estimate of drug-likeness (QED) is 0.177. The number of carbonyl (C=O) groups excluding carboxylic acids is 2. The molecule has 0 unspecified atom stereocenters. The fourth-order valence-corrected chi connectivity index (χ4v) is 3.06. The number of furan rings is 1. The SMILES string of the molecule is CCCOc1ccc(/C=C/C(=O)Oc2ccc(/C=C(\C#N)C(=O)NCc3ccco3)cc2)cc1OC. The highest BCUT2D eigenvalue weighted by atomic mass is 16.5. The molecule has 1 heterocycles. The summed E-state index contributed by atoms with van der Waals surface area (Å²) < 4.78 is 21.5. The Labute approximate surface area is 209 Å².